The number of carboxylic acid groups (broad SMARTS) is 1. The summed E-state index contributed by atoms with van der Waals surface area (Å²) in [4.78, 5) is 35.0. The Balaban J connectivity index is 1.55. The quantitative estimate of drug-likeness (QED) is 0.513. The lowest BCUT2D eigenvalue weighted by atomic mass is 9.98. The number of amides is 2. The van der Waals surface area contributed by atoms with Crippen LogP contribution in [0.25, 0.3) is 11.1 Å². The van der Waals surface area contributed by atoms with Crippen molar-refractivity contribution in [2.75, 3.05) is 13.2 Å². The van der Waals surface area contributed by atoms with E-state index in [0.717, 1.165) is 22.3 Å². The number of carbonyl (C=O) groups is 3. The molecule has 0 unspecified atom stereocenters. The van der Waals surface area contributed by atoms with Crippen molar-refractivity contribution in [3.63, 3.8) is 0 Å². The molecular weight excluding hydrogens is 400 g/mol. The normalized spacial score (nSPS) is 13.6. The smallest absolute Gasteiger partial charge is 0.407 e. The van der Waals surface area contributed by atoms with Gasteiger partial charge < -0.3 is 25.6 Å². The van der Waals surface area contributed by atoms with Crippen LogP contribution in [-0.2, 0) is 14.3 Å². The fraction of sp³-hybridized carbons (Fsp3) is 0.348. The summed E-state index contributed by atoms with van der Waals surface area (Å²) in [5.74, 6) is -1.98. The molecule has 2 aromatic carbocycles. The molecule has 1 aliphatic carbocycles. The van der Waals surface area contributed by atoms with Gasteiger partial charge in [0.05, 0.1) is 6.54 Å². The third-order valence-corrected chi connectivity index (χ3v) is 5.16. The maximum Gasteiger partial charge on any atom is 0.407 e. The monoisotopic (exact) mass is 426 g/mol. The first-order valence-electron chi connectivity index (χ1n) is 9.98. The van der Waals surface area contributed by atoms with E-state index in [4.69, 9.17) is 9.84 Å². The summed E-state index contributed by atoms with van der Waals surface area (Å²) < 4.78 is 5.49. The molecule has 164 valence electrons. The van der Waals surface area contributed by atoms with Gasteiger partial charge in [-0.25, -0.2) is 9.59 Å². The summed E-state index contributed by atoms with van der Waals surface area (Å²) in [6.45, 7) is 3.06. The van der Waals surface area contributed by atoms with Crippen LogP contribution in [0.4, 0.5) is 4.79 Å². The standard InChI is InChI=1S/C23H26N2O6/c1-23(2,11-20(27)24-12-19(26)21(28)29)25-22(30)31-13-18-16-9-5-3-7-14(16)15-8-4-6-10-17(15)18/h3-10,18-19,26H,11-13H2,1-2H3,(H,24,27)(H,25,30)(H,28,29)/t19-/m0/s1. The number of rotatable bonds is 8. The molecule has 1 aliphatic rings. The van der Waals surface area contributed by atoms with Crippen LogP contribution in [0.2, 0.25) is 0 Å². The summed E-state index contributed by atoms with van der Waals surface area (Å²) in [7, 11) is 0. The number of alkyl carbamates (subject to hydrolysis) is 1. The van der Waals surface area contributed by atoms with Gasteiger partial charge in [0.1, 0.15) is 6.61 Å². The van der Waals surface area contributed by atoms with Crippen LogP contribution in [-0.4, -0.2) is 53.0 Å². The number of aliphatic carboxylic acids is 1. The second kappa shape index (κ2) is 9.18. The third-order valence-electron chi connectivity index (χ3n) is 5.16. The molecule has 4 N–H and O–H groups in total. The molecule has 0 radical (unpaired) electrons. The van der Waals surface area contributed by atoms with Gasteiger partial charge in [-0.15, -0.1) is 0 Å². The van der Waals surface area contributed by atoms with Gasteiger partial charge in [0, 0.05) is 17.9 Å². The van der Waals surface area contributed by atoms with Crippen LogP contribution in [0.15, 0.2) is 48.5 Å². The molecule has 0 heterocycles. The topological polar surface area (TPSA) is 125 Å². The minimum atomic E-state index is -1.68. The predicted molar refractivity (Wildman–Crippen MR) is 114 cm³/mol. The highest BCUT2D eigenvalue weighted by Crippen LogP contribution is 2.44. The van der Waals surface area contributed by atoms with Crippen LogP contribution in [0.3, 0.4) is 0 Å². The number of nitrogens with one attached hydrogen (secondary N) is 2. The number of benzene rings is 2. The molecule has 31 heavy (non-hydrogen) atoms. The van der Waals surface area contributed by atoms with Gasteiger partial charge in [-0.2, -0.15) is 0 Å². The van der Waals surface area contributed by atoms with Crippen molar-refractivity contribution in [2.45, 2.75) is 37.8 Å². The highest BCUT2D eigenvalue weighted by Gasteiger charge is 2.30. The van der Waals surface area contributed by atoms with E-state index in [1.807, 2.05) is 36.4 Å². The summed E-state index contributed by atoms with van der Waals surface area (Å²) in [6, 6.07) is 16.0. The highest BCUT2D eigenvalue weighted by molar-refractivity contribution is 5.80. The van der Waals surface area contributed by atoms with Crippen LogP contribution in [0.5, 0.6) is 0 Å². The summed E-state index contributed by atoms with van der Waals surface area (Å²) in [6.07, 6.45) is -2.43. The number of fused-ring (bicyclic) bond motifs is 3. The van der Waals surface area contributed by atoms with E-state index >= 15 is 0 Å². The van der Waals surface area contributed by atoms with Crippen molar-refractivity contribution in [2.24, 2.45) is 0 Å². The van der Waals surface area contributed by atoms with E-state index in [1.54, 1.807) is 13.8 Å². The molecule has 2 aromatic rings. The molecule has 8 nitrogen and oxygen atoms in total. The van der Waals surface area contributed by atoms with E-state index in [0.29, 0.717) is 0 Å². The average molecular weight is 426 g/mol. The molecule has 0 bridgehead atoms. The lowest BCUT2D eigenvalue weighted by Gasteiger charge is -2.26. The second-order valence-electron chi connectivity index (χ2n) is 8.17. The van der Waals surface area contributed by atoms with Gasteiger partial charge >= 0.3 is 12.1 Å². The number of aliphatic hydroxyl groups excluding tert-OH is 1. The molecule has 8 heteroatoms. The zero-order valence-electron chi connectivity index (χ0n) is 17.4. The lowest BCUT2D eigenvalue weighted by Crippen LogP contribution is -2.48. The van der Waals surface area contributed by atoms with Gasteiger partial charge in [0.25, 0.3) is 0 Å². The molecule has 0 saturated carbocycles. The number of carboxylic acids is 1. The molecule has 0 spiro atoms. The maximum absolute atomic E-state index is 12.4. The molecule has 2 amide bonds. The van der Waals surface area contributed by atoms with E-state index < -0.39 is 36.2 Å². The van der Waals surface area contributed by atoms with E-state index in [2.05, 4.69) is 22.8 Å². The van der Waals surface area contributed by atoms with E-state index in [1.165, 1.54) is 0 Å². The van der Waals surface area contributed by atoms with E-state index in [9.17, 15) is 19.5 Å². The molecule has 0 aliphatic heterocycles. The Bertz CT molecular complexity index is 942. The van der Waals surface area contributed by atoms with Crippen molar-refractivity contribution >= 4 is 18.0 Å². The highest BCUT2D eigenvalue weighted by atomic mass is 16.5. The fourth-order valence-corrected chi connectivity index (χ4v) is 3.72. The fourth-order valence-electron chi connectivity index (χ4n) is 3.72. The summed E-state index contributed by atoms with van der Waals surface area (Å²) in [5.41, 5.74) is 3.54. The van der Waals surface area contributed by atoms with Gasteiger partial charge in [-0.3, -0.25) is 4.79 Å². The minimum Gasteiger partial charge on any atom is -0.479 e. The SMILES string of the molecule is CC(C)(CC(=O)NC[C@H](O)C(=O)O)NC(=O)OCC1c2ccccc2-c2ccccc21. The predicted octanol–water partition coefficient (Wildman–Crippen LogP) is 2.26. The van der Waals surface area contributed by atoms with Gasteiger partial charge in [0.15, 0.2) is 6.10 Å². The Kier molecular flexibility index (Phi) is 6.60. The minimum absolute atomic E-state index is 0.0675. The first-order chi connectivity index (χ1) is 14.7. The van der Waals surface area contributed by atoms with Crippen molar-refractivity contribution in [1.82, 2.24) is 10.6 Å². The number of ether oxygens (including phenoxy) is 1. The van der Waals surface area contributed by atoms with Crippen LogP contribution in [0, 0.1) is 0 Å². The van der Waals surface area contributed by atoms with E-state index in [-0.39, 0.29) is 18.9 Å². The molecule has 0 fully saturated rings. The second-order valence-corrected chi connectivity index (χ2v) is 8.17. The zero-order valence-corrected chi connectivity index (χ0v) is 17.4. The first kappa shape index (κ1) is 22.3. The number of hydrogen-bond donors (Lipinski definition) is 4. The van der Waals surface area contributed by atoms with Gasteiger partial charge in [-0.05, 0) is 36.1 Å². The Morgan fingerprint density at radius 2 is 1.58 bits per heavy atom. The van der Waals surface area contributed by atoms with Crippen LogP contribution in [0.1, 0.15) is 37.3 Å². The van der Waals surface area contributed by atoms with Gasteiger partial charge in [-0.1, -0.05) is 48.5 Å². The Labute approximate surface area is 180 Å². The summed E-state index contributed by atoms with van der Waals surface area (Å²) >= 11 is 0. The molecule has 0 saturated heterocycles. The average Bonchev–Trinajstić information content (AvgIpc) is 3.03. The number of carbonyl (C=O) groups excluding carboxylic acids is 2. The largest absolute Gasteiger partial charge is 0.479 e. The van der Waals surface area contributed by atoms with Crippen molar-refractivity contribution in [3.05, 3.63) is 59.7 Å². The zero-order chi connectivity index (χ0) is 22.6. The van der Waals surface area contributed by atoms with Crippen molar-refractivity contribution < 1.29 is 29.3 Å². The maximum atomic E-state index is 12.4. The lowest BCUT2D eigenvalue weighted by molar-refractivity contribution is -0.146. The van der Waals surface area contributed by atoms with Crippen LogP contribution < -0.4 is 10.6 Å². The summed E-state index contributed by atoms with van der Waals surface area (Å²) in [5, 5.41) is 22.9. The van der Waals surface area contributed by atoms with Crippen LogP contribution >= 0.6 is 0 Å². The first-order valence-corrected chi connectivity index (χ1v) is 9.98. The Hall–Kier alpha value is -3.39. The Morgan fingerprint density at radius 1 is 1.03 bits per heavy atom. The molecule has 1 atom stereocenters. The number of aliphatic hydroxyl groups is 1. The molecule has 3 rings (SSSR count). The molecular formula is C23H26N2O6. The number of hydrogen-bond acceptors (Lipinski definition) is 5. The van der Waals surface area contributed by atoms with Gasteiger partial charge in [0.2, 0.25) is 5.91 Å². The Morgan fingerprint density at radius 3 is 2.13 bits per heavy atom. The van der Waals surface area contributed by atoms with Crippen molar-refractivity contribution in [3.8, 4) is 11.1 Å². The van der Waals surface area contributed by atoms with Crippen molar-refractivity contribution in [1.29, 1.82) is 0 Å². The molecule has 0 aromatic heterocycles. The third kappa shape index (κ3) is 5.40.